The second-order valence-corrected chi connectivity index (χ2v) is 8.59. The summed E-state index contributed by atoms with van der Waals surface area (Å²) in [6.45, 7) is 9.86. The molecule has 0 aliphatic rings. The summed E-state index contributed by atoms with van der Waals surface area (Å²) in [5, 5.41) is 23.0. The molecule has 3 aromatic carbocycles. The van der Waals surface area contributed by atoms with Crippen molar-refractivity contribution >= 4 is 5.97 Å². The van der Waals surface area contributed by atoms with Crippen LogP contribution in [-0.2, 0) is 10.8 Å². The van der Waals surface area contributed by atoms with Gasteiger partial charge in [-0.3, -0.25) is 0 Å². The Labute approximate surface area is 201 Å². The Balaban J connectivity index is 0.00000320. The topological polar surface area (TPSA) is 60.4 Å². The Morgan fingerprint density at radius 1 is 0.800 bits per heavy atom. The van der Waals surface area contributed by atoms with Crippen molar-refractivity contribution in [2.75, 3.05) is 0 Å². The van der Waals surface area contributed by atoms with E-state index < -0.39 is 16.8 Å². The monoisotopic (exact) mass is 410 g/mol. The van der Waals surface area contributed by atoms with Gasteiger partial charge in [0.2, 0.25) is 0 Å². The first-order valence-corrected chi connectivity index (χ1v) is 9.78. The molecule has 4 heteroatoms. The molecule has 3 aromatic rings. The predicted octanol–water partition coefficient (Wildman–Crippen LogP) is 1.72. The summed E-state index contributed by atoms with van der Waals surface area (Å²) < 4.78 is 0. The summed E-state index contributed by atoms with van der Waals surface area (Å²) in [7, 11) is 0. The summed E-state index contributed by atoms with van der Waals surface area (Å²) in [6.07, 6.45) is 0. The first-order valence-electron chi connectivity index (χ1n) is 9.78. The first kappa shape index (κ1) is 24.2. The van der Waals surface area contributed by atoms with Gasteiger partial charge in [0.1, 0.15) is 5.75 Å². The number of carboxylic acid groups (broad SMARTS) is 1. The van der Waals surface area contributed by atoms with Crippen LogP contribution in [0.2, 0.25) is 0 Å². The molecular formula is C26H27NaO3. The van der Waals surface area contributed by atoms with Crippen molar-refractivity contribution in [3.63, 3.8) is 0 Å². The second kappa shape index (κ2) is 8.97. The van der Waals surface area contributed by atoms with Gasteiger partial charge in [-0.2, -0.15) is 0 Å². The van der Waals surface area contributed by atoms with Gasteiger partial charge in [0, 0.05) is 22.0 Å². The van der Waals surface area contributed by atoms with Crippen molar-refractivity contribution in [2.24, 2.45) is 0 Å². The number of phenols is 1. The van der Waals surface area contributed by atoms with Crippen LogP contribution < -0.4 is 34.7 Å². The zero-order valence-corrected chi connectivity index (χ0v) is 20.6. The van der Waals surface area contributed by atoms with E-state index in [0.717, 1.165) is 16.7 Å². The van der Waals surface area contributed by atoms with Crippen LogP contribution in [0.1, 0.15) is 65.9 Å². The number of hydrogen-bond acceptors (Lipinski definition) is 3. The molecule has 0 amide bonds. The quantitative estimate of drug-likeness (QED) is 0.652. The fourth-order valence-electron chi connectivity index (χ4n) is 4.16. The van der Waals surface area contributed by atoms with Gasteiger partial charge in [0.25, 0.3) is 0 Å². The van der Waals surface area contributed by atoms with E-state index in [1.54, 1.807) is 6.92 Å². The number of carboxylic acids is 1. The average molecular weight is 410 g/mol. The van der Waals surface area contributed by atoms with Gasteiger partial charge in [-0.1, -0.05) is 94.4 Å². The molecule has 0 spiro atoms. The van der Waals surface area contributed by atoms with E-state index in [1.165, 1.54) is 0 Å². The molecule has 1 N–H and O–H groups in total. The van der Waals surface area contributed by atoms with Crippen LogP contribution in [0.5, 0.6) is 5.75 Å². The molecule has 0 unspecified atom stereocenters. The van der Waals surface area contributed by atoms with Crippen LogP contribution in [0.25, 0.3) is 0 Å². The van der Waals surface area contributed by atoms with Crippen molar-refractivity contribution in [1.29, 1.82) is 0 Å². The first-order chi connectivity index (χ1) is 13.6. The van der Waals surface area contributed by atoms with Crippen molar-refractivity contribution in [3.8, 4) is 5.75 Å². The number of aromatic carboxylic acids is 1. The molecule has 0 aliphatic heterocycles. The van der Waals surface area contributed by atoms with Crippen LogP contribution in [0.15, 0.2) is 66.7 Å². The molecule has 0 radical (unpaired) electrons. The maximum Gasteiger partial charge on any atom is 1.00 e. The summed E-state index contributed by atoms with van der Waals surface area (Å²) in [4.78, 5) is 12.0. The molecule has 3 nitrogen and oxygen atoms in total. The second-order valence-electron chi connectivity index (χ2n) is 8.59. The van der Waals surface area contributed by atoms with Crippen LogP contribution >= 0.6 is 0 Å². The third-order valence-electron chi connectivity index (χ3n) is 6.10. The van der Waals surface area contributed by atoms with Crippen molar-refractivity contribution in [2.45, 2.75) is 45.4 Å². The van der Waals surface area contributed by atoms with E-state index in [0.29, 0.717) is 11.1 Å². The standard InChI is InChI=1S/C26H28O3.Na/c1-17-20(25(2,3)18-12-8-6-9-13-18)16-21(23(27)22(17)24(28)29)26(4,5)19-14-10-7-11-15-19;/h6-16,27H,1-5H3,(H,28,29);/q;+1/p-1. The molecule has 3 rings (SSSR count). The molecule has 0 saturated heterocycles. The fraction of sp³-hybridized carbons (Fsp3) is 0.269. The Morgan fingerprint density at radius 2 is 1.20 bits per heavy atom. The Hall–Kier alpha value is -2.07. The zero-order valence-electron chi connectivity index (χ0n) is 18.6. The predicted molar refractivity (Wildman–Crippen MR) is 114 cm³/mol. The van der Waals surface area contributed by atoms with Crippen molar-refractivity contribution in [3.05, 3.63) is 100 Å². The summed E-state index contributed by atoms with van der Waals surface area (Å²) >= 11 is 0. The molecule has 0 aliphatic carbocycles. The molecule has 0 fully saturated rings. The maximum absolute atomic E-state index is 12.0. The number of rotatable bonds is 5. The largest absolute Gasteiger partial charge is 1.00 e. The van der Waals surface area contributed by atoms with Crippen molar-refractivity contribution < 1.29 is 44.6 Å². The van der Waals surface area contributed by atoms with Crippen LogP contribution in [0.3, 0.4) is 0 Å². The minimum Gasteiger partial charge on any atom is -0.545 e. The van der Waals surface area contributed by atoms with E-state index in [4.69, 9.17) is 0 Å². The van der Waals surface area contributed by atoms with E-state index in [1.807, 2.05) is 80.6 Å². The van der Waals surface area contributed by atoms with Gasteiger partial charge in [-0.15, -0.1) is 0 Å². The molecule has 30 heavy (non-hydrogen) atoms. The molecule has 0 heterocycles. The molecule has 0 bridgehead atoms. The SMILES string of the molecule is Cc1c(C(C)(C)c2ccccc2)cc(C(C)(C)c2ccccc2)c(O)c1C(=O)[O-].[Na+]. The Morgan fingerprint density at radius 3 is 1.60 bits per heavy atom. The zero-order chi connectivity index (χ0) is 21.4. The maximum atomic E-state index is 12.0. The number of benzene rings is 3. The Bertz CT molecular complexity index is 963. The van der Waals surface area contributed by atoms with Crippen LogP contribution in [-0.4, -0.2) is 11.1 Å². The molecule has 0 saturated carbocycles. The van der Waals surface area contributed by atoms with E-state index in [-0.39, 0.29) is 40.9 Å². The normalized spacial score (nSPS) is 11.6. The van der Waals surface area contributed by atoms with Crippen LogP contribution in [0.4, 0.5) is 0 Å². The minimum atomic E-state index is -1.36. The third kappa shape index (κ3) is 4.20. The number of carbonyl (C=O) groups is 1. The van der Waals surface area contributed by atoms with Crippen molar-refractivity contribution in [1.82, 2.24) is 0 Å². The Kier molecular flexibility index (Phi) is 7.24. The van der Waals surface area contributed by atoms with Gasteiger partial charge in [-0.25, -0.2) is 0 Å². The number of aromatic hydroxyl groups is 1. The minimum absolute atomic E-state index is 0. The van der Waals surface area contributed by atoms with Gasteiger partial charge < -0.3 is 15.0 Å². The van der Waals surface area contributed by atoms with E-state index in [2.05, 4.69) is 13.8 Å². The number of carbonyl (C=O) groups excluding carboxylic acids is 1. The fourth-order valence-corrected chi connectivity index (χ4v) is 4.16. The summed E-state index contributed by atoms with van der Waals surface area (Å²) in [6, 6.07) is 21.7. The molecule has 0 aromatic heterocycles. The summed E-state index contributed by atoms with van der Waals surface area (Å²) in [5.74, 6) is -1.58. The number of hydrogen-bond donors (Lipinski definition) is 1. The van der Waals surface area contributed by atoms with E-state index >= 15 is 0 Å². The van der Waals surface area contributed by atoms with Gasteiger partial charge in [0.15, 0.2) is 0 Å². The molecule has 0 atom stereocenters. The third-order valence-corrected chi connectivity index (χ3v) is 6.10. The van der Waals surface area contributed by atoms with E-state index in [9.17, 15) is 15.0 Å². The smallest absolute Gasteiger partial charge is 0.545 e. The van der Waals surface area contributed by atoms with Gasteiger partial charge in [-0.05, 0) is 29.2 Å². The van der Waals surface area contributed by atoms with Gasteiger partial charge >= 0.3 is 29.6 Å². The molecular weight excluding hydrogens is 383 g/mol. The van der Waals surface area contributed by atoms with Gasteiger partial charge in [0.05, 0.1) is 5.97 Å². The summed E-state index contributed by atoms with van der Waals surface area (Å²) in [5.41, 5.74) is 2.85. The van der Waals surface area contributed by atoms with Crippen LogP contribution in [0, 0.1) is 6.92 Å². The average Bonchev–Trinajstić information content (AvgIpc) is 2.68. The molecule has 150 valence electrons.